The number of aryl methyl sites for hydroxylation is 1. The zero-order chi connectivity index (χ0) is 44.5. The van der Waals surface area contributed by atoms with Gasteiger partial charge in [-0.15, -0.1) is 0 Å². The highest BCUT2D eigenvalue weighted by atomic mass is 32.2. The number of aromatic nitrogens is 4. The number of benzene rings is 1. The molecule has 2 heterocycles. The summed E-state index contributed by atoms with van der Waals surface area (Å²) in [6, 6.07) is 6.40. The second kappa shape index (κ2) is 24.2. The highest BCUT2D eigenvalue weighted by Crippen LogP contribution is 2.33. The molecule has 2 aliphatic carbocycles. The largest absolute Gasteiger partial charge is 0.460 e. The van der Waals surface area contributed by atoms with Crippen LogP contribution in [-0.4, -0.2) is 58.9 Å². The van der Waals surface area contributed by atoms with E-state index in [0.29, 0.717) is 30.6 Å². The van der Waals surface area contributed by atoms with Crippen LogP contribution < -0.4 is 5.32 Å². The van der Waals surface area contributed by atoms with Crippen molar-refractivity contribution in [1.82, 2.24) is 25.6 Å². The Morgan fingerprint density at radius 1 is 0.721 bits per heavy atom. The van der Waals surface area contributed by atoms with Crippen LogP contribution in [0.4, 0.5) is 0 Å². The lowest BCUT2D eigenvalue weighted by Gasteiger charge is -2.23. The molecule has 14 nitrogen and oxygen atoms in total. The fraction of sp³-hybridized carbons (Fsp3) is 0.739. The maximum atomic E-state index is 12.5. The molecular formula is C46H73N5O9S. The number of nitrogens with one attached hydrogen (secondary N) is 1. The Bertz CT molecular complexity index is 1850. The highest BCUT2D eigenvalue weighted by molar-refractivity contribution is 7.86. The van der Waals surface area contributed by atoms with Gasteiger partial charge < -0.3 is 23.8 Å². The third-order valence-corrected chi connectivity index (χ3v) is 12.4. The van der Waals surface area contributed by atoms with E-state index in [9.17, 15) is 18.0 Å². The summed E-state index contributed by atoms with van der Waals surface area (Å²) in [5, 5.41) is 10.9. The van der Waals surface area contributed by atoms with Crippen molar-refractivity contribution in [3.05, 3.63) is 53.3 Å². The molecule has 0 bridgehead atoms. The molecule has 1 aromatic carbocycles. The van der Waals surface area contributed by atoms with Crippen LogP contribution in [0.15, 0.2) is 38.2 Å². The molecule has 0 aliphatic heterocycles. The predicted octanol–water partition coefficient (Wildman–Crippen LogP) is 10.2. The first-order valence-electron chi connectivity index (χ1n) is 22.6. The van der Waals surface area contributed by atoms with Crippen molar-refractivity contribution in [2.24, 2.45) is 11.8 Å². The van der Waals surface area contributed by atoms with Crippen molar-refractivity contribution >= 4 is 22.1 Å². The maximum Gasteiger partial charge on any atom is 0.307 e. The van der Waals surface area contributed by atoms with Gasteiger partial charge in [0.25, 0.3) is 10.1 Å². The number of ether oxygens (including phenoxy) is 2. The number of esters is 2. The molecule has 1 N–H and O–H groups in total. The van der Waals surface area contributed by atoms with E-state index >= 15 is 0 Å². The minimum absolute atomic E-state index is 0.0634. The Kier molecular flexibility index (Phi) is 19.8. The minimum Gasteiger partial charge on any atom is -0.460 e. The van der Waals surface area contributed by atoms with Gasteiger partial charge in [0.1, 0.15) is 17.8 Å². The van der Waals surface area contributed by atoms with Crippen molar-refractivity contribution in [1.29, 1.82) is 0 Å². The third kappa shape index (κ3) is 19.1. The Morgan fingerprint density at radius 2 is 1.16 bits per heavy atom. The average molecular weight is 872 g/mol. The van der Waals surface area contributed by atoms with Crippen molar-refractivity contribution in [3.8, 4) is 0 Å². The van der Waals surface area contributed by atoms with Crippen LogP contribution >= 0.6 is 0 Å². The van der Waals surface area contributed by atoms with Crippen molar-refractivity contribution in [2.45, 2.75) is 205 Å². The molecule has 2 aromatic heterocycles. The lowest BCUT2D eigenvalue weighted by Crippen LogP contribution is -2.25. The molecule has 0 saturated heterocycles. The summed E-state index contributed by atoms with van der Waals surface area (Å²) in [7, 11) is -2.10. The molecule has 0 unspecified atom stereocenters. The molecule has 3 aromatic rings. The van der Waals surface area contributed by atoms with Crippen LogP contribution in [0.1, 0.15) is 198 Å². The summed E-state index contributed by atoms with van der Waals surface area (Å²) in [5.74, 6) is 2.33. The van der Waals surface area contributed by atoms with E-state index in [2.05, 4.69) is 25.6 Å². The smallest absolute Gasteiger partial charge is 0.307 e. The van der Waals surface area contributed by atoms with E-state index in [-0.39, 0.29) is 47.5 Å². The number of hydrogen-bond donors (Lipinski definition) is 1. The lowest BCUT2D eigenvalue weighted by atomic mass is 9.84. The van der Waals surface area contributed by atoms with E-state index in [4.69, 9.17) is 22.7 Å². The van der Waals surface area contributed by atoms with Gasteiger partial charge in [-0.05, 0) is 92.3 Å². The molecule has 2 fully saturated rings. The second-order valence-electron chi connectivity index (χ2n) is 19.0. The summed E-state index contributed by atoms with van der Waals surface area (Å²) in [6.45, 7) is 13.3. The van der Waals surface area contributed by atoms with Crippen molar-refractivity contribution in [2.75, 3.05) is 7.05 Å². The van der Waals surface area contributed by atoms with Gasteiger partial charge in [0.15, 0.2) is 11.6 Å². The number of carbonyl (C=O) groups excluding carboxylic acids is 2. The van der Waals surface area contributed by atoms with Crippen LogP contribution in [0.3, 0.4) is 0 Å². The second-order valence-corrected chi connectivity index (χ2v) is 20.6. The molecule has 342 valence electrons. The molecule has 2 saturated carbocycles. The van der Waals surface area contributed by atoms with E-state index in [0.717, 1.165) is 49.5 Å². The van der Waals surface area contributed by atoms with Crippen LogP contribution in [0.2, 0.25) is 0 Å². The van der Waals surface area contributed by atoms with E-state index < -0.39 is 21.3 Å². The maximum absolute atomic E-state index is 12.5. The fourth-order valence-electron chi connectivity index (χ4n) is 8.11. The number of carbonyl (C=O) groups is 2. The molecule has 5 rings (SSSR count). The van der Waals surface area contributed by atoms with Crippen molar-refractivity contribution < 1.29 is 40.7 Å². The van der Waals surface area contributed by atoms with Crippen LogP contribution in [0, 0.1) is 18.8 Å². The summed E-state index contributed by atoms with van der Waals surface area (Å²) < 4.78 is 51.9. The summed E-state index contributed by atoms with van der Waals surface area (Å²) in [4.78, 5) is 33.7. The monoisotopic (exact) mass is 872 g/mol. The summed E-state index contributed by atoms with van der Waals surface area (Å²) in [6.07, 6.45) is 19.7. The molecular weight excluding hydrogens is 799 g/mol. The van der Waals surface area contributed by atoms with Crippen LogP contribution in [-0.2, 0) is 46.5 Å². The Labute approximate surface area is 364 Å². The van der Waals surface area contributed by atoms with E-state index in [1.165, 1.54) is 82.8 Å². The van der Waals surface area contributed by atoms with Crippen LogP contribution in [0.25, 0.3) is 0 Å². The normalized spacial score (nSPS) is 16.7. The summed E-state index contributed by atoms with van der Waals surface area (Å²) >= 11 is 0. The molecule has 0 amide bonds. The zero-order valence-electron chi connectivity index (χ0n) is 38.1. The lowest BCUT2D eigenvalue weighted by molar-refractivity contribution is -0.156. The van der Waals surface area contributed by atoms with Gasteiger partial charge in [0.2, 0.25) is 11.8 Å². The standard InChI is InChI=1S/C26H38N2O6S.C20H35N3O3/c1-19-13-15-22(16-14-19)35(30,31)32-18-23-27-25(34-28-23)21(17-24(29)33-26(2,3)4)12-8-11-20-9-6-5-7-10-20;1-20(2,3)25-18(24)13-16(19-22-17(14-21-4)23-26-19)12-8-11-15-9-6-5-7-10-15/h13-16,20-21H,5-12,17-18H2,1-4H3;15-16,21H,5-14H2,1-4H3/t21-;16-/m11/s1. The predicted molar refractivity (Wildman–Crippen MR) is 232 cm³/mol. The fourth-order valence-corrected chi connectivity index (χ4v) is 8.98. The molecule has 0 radical (unpaired) electrons. The number of nitrogens with zero attached hydrogens (tertiary/aromatic N) is 4. The zero-order valence-corrected chi connectivity index (χ0v) is 38.9. The summed E-state index contributed by atoms with van der Waals surface area (Å²) in [5.41, 5.74) is -0.108. The van der Waals surface area contributed by atoms with Gasteiger partial charge >= 0.3 is 11.9 Å². The Hall–Kier alpha value is -3.69. The van der Waals surface area contributed by atoms with E-state index in [1.54, 1.807) is 12.1 Å². The van der Waals surface area contributed by atoms with Gasteiger partial charge in [0, 0.05) is 11.8 Å². The van der Waals surface area contributed by atoms with Gasteiger partial charge in [-0.25, -0.2) is 0 Å². The molecule has 2 atom stereocenters. The SMILES string of the molecule is CNCc1noc([C@H](CCCC2CCCCC2)CC(=O)OC(C)(C)C)n1.Cc1ccc(S(=O)(=O)OCc2noc([C@H](CCCC3CCCCC3)CC(=O)OC(C)(C)C)n2)cc1. The molecule has 61 heavy (non-hydrogen) atoms. The molecule has 15 heteroatoms. The number of rotatable bonds is 20. The quantitative estimate of drug-likeness (QED) is 0.0835. The first-order chi connectivity index (χ1) is 28.9. The van der Waals surface area contributed by atoms with Gasteiger partial charge in [-0.2, -0.15) is 18.4 Å². The van der Waals surface area contributed by atoms with E-state index in [1.807, 2.05) is 55.5 Å². The third-order valence-electron chi connectivity index (χ3n) is 11.1. The topological polar surface area (TPSA) is 186 Å². The first kappa shape index (κ1) is 50.0. The molecule has 2 aliphatic rings. The Morgan fingerprint density at radius 3 is 1.61 bits per heavy atom. The number of hydrogen-bond acceptors (Lipinski definition) is 14. The van der Waals surface area contributed by atoms with Gasteiger partial charge in [-0.1, -0.05) is 118 Å². The van der Waals surface area contributed by atoms with Crippen molar-refractivity contribution in [3.63, 3.8) is 0 Å². The first-order valence-corrected chi connectivity index (χ1v) is 24.0. The Balaban J connectivity index is 0.000000281. The highest BCUT2D eigenvalue weighted by Gasteiger charge is 2.28. The average Bonchev–Trinajstić information content (AvgIpc) is 3.87. The minimum atomic E-state index is -3.95. The van der Waals surface area contributed by atoms with Gasteiger partial charge in [-0.3, -0.25) is 13.8 Å². The molecule has 0 spiro atoms. The van der Waals surface area contributed by atoms with Crippen LogP contribution in [0.5, 0.6) is 0 Å². The van der Waals surface area contributed by atoms with Gasteiger partial charge in [0.05, 0.1) is 24.3 Å².